The van der Waals surface area contributed by atoms with E-state index in [1.54, 1.807) is 0 Å². The SMILES string of the molecule is CC(O)CC(C)N1CCOC(C)(C)C1. The van der Waals surface area contributed by atoms with Crippen LogP contribution in [0.3, 0.4) is 0 Å². The first-order chi connectivity index (χ1) is 6.41. The zero-order valence-electron chi connectivity index (χ0n) is 9.79. The van der Waals surface area contributed by atoms with Gasteiger partial charge in [0.2, 0.25) is 0 Å². The lowest BCUT2D eigenvalue weighted by Gasteiger charge is -2.41. The minimum Gasteiger partial charge on any atom is -0.393 e. The van der Waals surface area contributed by atoms with Crippen LogP contribution in [0.1, 0.15) is 34.1 Å². The molecule has 84 valence electrons. The molecular formula is C11H23NO2. The number of aliphatic hydroxyl groups excluding tert-OH is 1. The van der Waals surface area contributed by atoms with Crippen LogP contribution in [0.4, 0.5) is 0 Å². The van der Waals surface area contributed by atoms with Crippen LogP contribution in [0.5, 0.6) is 0 Å². The normalized spacial score (nSPS) is 27.2. The third kappa shape index (κ3) is 3.56. The minimum absolute atomic E-state index is 0.0365. The molecule has 1 heterocycles. The van der Waals surface area contributed by atoms with E-state index in [4.69, 9.17) is 4.74 Å². The Morgan fingerprint density at radius 3 is 2.57 bits per heavy atom. The number of morpholine rings is 1. The fraction of sp³-hybridized carbons (Fsp3) is 1.00. The quantitative estimate of drug-likeness (QED) is 0.746. The van der Waals surface area contributed by atoms with Gasteiger partial charge in [0.25, 0.3) is 0 Å². The van der Waals surface area contributed by atoms with Crippen LogP contribution in [0, 0.1) is 0 Å². The second-order valence-electron chi connectivity index (χ2n) is 5.01. The molecule has 0 aromatic heterocycles. The third-order valence-electron chi connectivity index (χ3n) is 2.76. The molecule has 1 N–H and O–H groups in total. The molecule has 1 rings (SSSR count). The molecule has 14 heavy (non-hydrogen) atoms. The number of rotatable bonds is 3. The van der Waals surface area contributed by atoms with Crippen LogP contribution in [-0.2, 0) is 4.74 Å². The summed E-state index contributed by atoms with van der Waals surface area (Å²) in [6.45, 7) is 11.0. The lowest BCUT2D eigenvalue weighted by atomic mass is 10.0. The summed E-state index contributed by atoms with van der Waals surface area (Å²) in [6, 6.07) is 0.443. The molecule has 1 fully saturated rings. The largest absolute Gasteiger partial charge is 0.393 e. The van der Waals surface area contributed by atoms with E-state index < -0.39 is 0 Å². The maximum atomic E-state index is 9.33. The molecule has 1 aliphatic heterocycles. The van der Waals surface area contributed by atoms with Crippen molar-refractivity contribution < 1.29 is 9.84 Å². The van der Waals surface area contributed by atoms with Gasteiger partial charge >= 0.3 is 0 Å². The second-order valence-corrected chi connectivity index (χ2v) is 5.01. The maximum absolute atomic E-state index is 9.33. The van der Waals surface area contributed by atoms with E-state index in [-0.39, 0.29) is 11.7 Å². The van der Waals surface area contributed by atoms with E-state index in [2.05, 4.69) is 25.7 Å². The first-order valence-electron chi connectivity index (χ1n) is 5.47. The van der Waals surface area contributed by atoms with E-state index in [1.807, 2.05) is 6.92 Å². The second kappa shape index (κ2) is 4.60. The Labute approximate surface area is 87.1 Å². The van der Waals surface area contributed by atoms with Crippen LogP contribution in [0.25, 0.3) is 0 Å². The van der Waals surface area contributed by atoms with Crippen molar-refractivity contribution in [3.8, 4) is 0 Å². The van der Waals surface area contributed by atoms with Gasteiger partial charge in [-0.1, -0.05) is 0 Å². The van der Waals surface area contributed by atoms with Crippen LogP contribution in [0.2, 0.25) is 0 Å². The molecule has 0 spiro atoms. The molecule has 0 amide bonds. The van der Waals surface area contributed by atoms with Crippen LogP contribution >= 0.6 is 0 Å². The van der Waals surface area contributed by atoms with E-state index in [0.29, 0.717) is 6.04 Å². The van der Waals surface area contributed by atoms with E-state index in [0.717, 1.165) is 26.1 Å². The van der Waals surface area contributed by atoms with E-state index in [9.17, 15) is 5.11 Å². The molecule has 0 bridgehead atoms. The predicted octanol–water partition coefficient (Wildman–Crippen LogP) is 1.26. The highest BCUT2D eigenvalue weighted by Gasteiger charge is 2.29. The number of hydrogen-bond donors (Lipinski definition) is 1. The monoisotopic (exact) mass is 201 g/mol. The highest BCUT2D eigenvalue weighted by molar-refractivity contribution is 4.82. The summed E-state index contributed by atoms with van der Waals surface area (Å²) in [7, 11) is 0. The van der Waals surface area contributed by atoms with Crippen molar-refractivity contribution in [2.75, 3.05) is 19.7 Å². The fourth-order valence-electron chi connectivity index (χ4n) is 2.07. The number of ether oxygens (including phenoxy) is 1. The molecule has 0 aromatic carbocycles. The van der Waals surface area contributed by atoms with Crippen molar-refractivity contribution in [3.05, 3.63) is 0 Å². The average Bonchev–Trinajstić information content (AvgIpc) is 2.01. The smallest absolute Gasteiger partial charge is 0.0753 e. The Balaban J connectivity index is 2.43. The fourth-order valence-corrected chi connectivity index (χ4v) is 2.07. The Kier molecular flexibility index (Phi) is 3.93. The van der Waals surface area contributed by atoms with E-state index >= 15 is 0 Å². The summed E-state index contributed by atoms with van der Waals surface area (Å²) in [5, 5.41) is 9.33. The zero-order chi connectivity index (χ0) is 10.8. The molecule has 1 aliphatic rings. The van der Waals surface area contributed by atoms with Crippen molar-refractivity contribution >= 4 is 0 Å². The van der Waals surface area contributed by atoms with Gasteiger partial charge in [0.1, 0.15) is 0 Å². The standard InChI is InChI=1S/C11H23NO2/c1-9(7-10(2)13)12-5-6-14-11(3,4)8-12/h9-10,13H,5-8H2,1-4H3. The van der Waals surface area contributed by atoms with Crippen LogP contribution in [-0.4, -0.2) is 47.4 Å². The summed E-state index contributed by atoms with van der Waals surface area (Å²) in [5.74, 6) is 0. The Hall–Kier alpha value is -0.120. The van der Waals surface area contributed by atoms with Gasteiger partial charge in [0.05, 0.1) is 18.3 Å². The molecule has 0 aromatic rings. The average molecular weight is 201 g/mol. The molecule has 0 radical (unpaired) electrons. The Bertz CT molecular complexity index is 180. The zero-order valence-corrected chi connectivity index (χ0v) is 9.79. The number of aliphatic hydroxyl groups is 1. The molecule has 2 unspecified atom stereocenters. The van der Waals surface area contributed by atoms with Crippen molar-refractivity contribution in [2.24, 2.45) is 0 Å². The highest BCUT2D eigenvalue weighted by Crippen LogP contribution is 2.19. The van der Waals surface area contributed by atoms with Crippen molar-refractivity contribution in [2.45, 2.75) is 51.9 Å². The Morgan fingerprint density at radius 1 is 1.43 bits per heavy atom. The summed E-state index contributed by atoms with van der Waals surface area (Å²) >= 11 is 0. The van der Waals surface area contributed by atoms with Crippen molar-refractivity contribution in [1.29, 1.82) is 0 Å². The van der Waals surface area contributed by atoms with Crippen molar-refractivity contribution in [3.63, 3.8) is 0 Å². The lowest BCUT2D eigenvalue weighted by Crippen LogP contribution is -2.51. The van der Waals surface area contributed by atoms with E-state index in [1.165, 1.54) is 0 Å². The van der Waals surface area contributed by atoms with Gasteiger partial charge in [0, 0.05) is 19.1 Å². The van der Waals surface area contributed by atoms with Gasteiger partial charge in [-0.05, 0) is 34.1 Å². The van der Waals surface area contributed by atoms with Gasteiger partial charge in [-0.15, -0.1) is 0 Å². The molecular weight excluding hydrogens is 178 g/mol. The van der Waals surface area contributed by atoms with Gasteiger partial charge < -0.3 is 9.84 Å². The van der Waals surface area contributed by atoms with Gasteiger partial charge in [-0.25, -0.2) is 0 Å². The van der Waals surface area contributed by atoms with Crippen molar-refractivity contribution in [1.82, 2.24) is 4.90 Å². The van der Waals surface area contributed by atoms with Gasteiger partial charge in [0.15, 0.2) is 0 Å². The number of nitrogens with zero attached hydrogens (tertiary/aromatic N) is 1. The lowest BCUT2D eigenvalue weighted by molar-refractivity contribution is -0.0983. The van der Waals surface area contributed by atoms with Crippen LogP contribution < -0.4 is 0 Å². The summed E-state index contributed by atoms with van der Waals surface area (Å²) in [4.78, 5) is 2.40. The highest BCUT2D eigenvalue weighted by atomic mass is 16.5. The van der Waals surface area contributed by atoms with Crippen LogP contribution in [0.15, 0.2) is 0 Å². The van der Waals surface area contributed by atoms with Gasteiger partial charge in [-0.3, -0.25) is 4.90 Å². The third-order valence-corrected chi connectivity index (χ3v) is 2.76. The molecule has 0 aliphatic carbocycles. The molecule has 0 saturated carbocycles. The number of hydrogen-bond acceptors (Lipinski definition) is 3. The molecule has 3 heteroatoms. The van der Waals surface area contributed by atoms with Gasteiger partial charge in [-0.2, -0.15) is 0 Å². The first kappa shape index (κ1) is 12.0. The first-order valence-corrected chi connectivity index (χ1v) is 5.47. The maximum Gasteiger partial charge on any atom is 0.0753 e. The summed E-state index contributed by atoms with van der Waals surface area (Å²) < 4.78 is 5.65. The molecule has 3 nitrogen and oxygen atoms in total. The topological polar surface area (TPSA) is 32.7 Å². The summed E-state index contributed by atoms with van der Waals surface area (Å²) in [6.07, 6.45) is 0.631. The Morgan fingerprint density at radius 2 is 2.07 bits per heavy atom. The summed E-state index contributed by atoms with van der Waals surface area (Å²) in [5.41, 5.74) is -0.0365. The molecule has 1 saturated heterocycles. The predicted molar refractivity (Wildman–Crippen MR) is 57.4 cm³/mol. The molecule has 2 atom stereocenters. The minimum atomic E-state index is -0.212.